The molecule has 1 aromatic heterocycles. The van der Waals surface area contributed by atoms with Crippen molar-refractivity contribution in [1.29, 1.82) is 0 Å². The summed E-state index contributed by atoms with van der Waals surface area (Å²) in [7, 11) is 0. The number of nitrogens with one attached hydrogen (secondary N) is 1. The van der Waals surface area contributed by atoms with Crippen molar-refractivity contribution < 1.29 is 14.4 Å². The molecule has 2 amide bonds. The van der Waals surface area contributed by atoms with Gasteiger partial charge in [-0.2, -0.15) is 0 Å². The summed E-state index contributed by atoms with van der Waals surface area (Å²) in [4.78, 5) is 38.7. The summed E-state index contributed by atoms with van der Waals surface area (Å²) in [6.07, 6.45) is 0.474. The topological polar surface area (TPSA) is 66.5 Å². The molecule has 1 fully saturated rings. The first-order valence-electron chi connectivity index (χ1n) is 7.78. The summed E-state index contributed by atoms with van der Waals surface area (Å²) in [5.41, 5.74) is 1.48. The molecule has 6 heteroatoms. The first-order valence-corrected chi connectivity index (χ1v) is 8.66. The number of piperazine rings is 1. The van der Waals surface area contributed by atoms with Crippen molar-refractivity contribution in [3.63, 3.8) is 0 Å². The molecule has 1 aliphatic rings. The highest BCUT2D eigenvalue weighted by Gasteiger charge is 2.33. The number of amides is 2. The number of carbonyl (C=O) groups is 3. The van der Waals surface area contributed by atoms with Crippen molar-refractivity contribution in [1.82, 2.24) is 10.2 Å². The molecule has 0 aliphatic carbocycles. The second kappa shape index (κ2) is 6.97. The van der Waals surface area contributed by atoms with Gasteiger partial charge >= 0.3 is 0 Å². The zero-order valence-corrected chi connectivity index (χ0v) is 14.1. The van der Waals surface area contributed by atoms with E-state index in [1.807, 2.05) is 30.3 Å². The second-order valence-electron chi connectivity index (χ2n) is 5.75. The first-order chi connectivity index (χ1) is 11.6. The molecule has 1 atom stereocenters. The van der Waals surface area contributed by atoms with Crippen molar-refractivity contribution in [3.05, 3.63) is 57.8 Å². The number of Topliss-reactive ketones (excluding diaryl/α,β-unsaturated/α-hetero) is 1. The largest absolute Gasteiger partial charge is 0.353 e. The quantitative estimate of drug-likeness (QED) is 0.866. The molecule has 5 nitrogen and oxygen atoms in total. The number of thiophene rings is 1. The minimum Gasteiger partial charge on any atom is -0.353 e. The van der Waals surface area contributed by atoms with Crippen LogP contribution in [0.3, 0.4) is 0 Å². The van der Waals surface area contributed by atoms with Crippen LogP contribution in [0.25, 0.3) is 0 Å². The lowest BCUT2D eigenvalue weighted by molar-refractivity contribution is -0.127. The molecule has 3 rings (SSSR count). The minimum atomic E-state index is -0.533. The van der Waals surface area contributed by atoms with Gasteiger partial charge in [0.1, 0.15) is 6.04 Å². The maximum absolute atomic E-state index is 12.8. The van der Waals surface area contributed by atoms with Crippen LogP contribution >= 0.6 is 11.3 Å². The summed E-state index contributed by atoms with van der Waals surface area (Å²) >= 11 is 1.26. The molecule has 1 aromatic carbocycles. The van der Waals surface area contributed by atoms with Crippen molar-refractivity contribution in [2.75, 3.05) is 13.1 Å². The van der Waals surface area contributed by atoms with Gasteiger partial charge in [0.25, 0.3) is 5.91 Å². The Morgan fingerprint density at radius 1 is 1.29 bits per heavy atom. The fraction of sp³-hybridized carbons (Fsp3) is 0.278. The average Bonchev–Trinajstić information content (AvgIpc) is 3.07. The van der Waals surface area contributed by atoms with E-state index in [-0.39, 0.29) is 17.6 Å². The van der Waals surface area contributed by atoms with Crippen LogP contribution in [0.4, 0.5) is 0 Å². The van der Waals surface area contributed by atoms with Crippen LogP contribution in [0.2, 0.25) is 0 Å². The van der Waals surface area contributed by atoms with E-state index in [2.05, 4.69) is 5.32 Å². The molecular weight excluding hydrogens is 324 g/mol. The van der Waals surface area contributed by atoms with Gasteiger partial charge < -0.3 is 10.2 Å². The van der Waals surface area contributed by atoms with Gasteiger partial charge in [-0.05, 0) is 18.6 Å². The molecule has 1 aliphatic heterocycles. The van der Waals surface area contributed by atoms with E-state index in [0.717, 1.165) is 5.56 Å². The molecular formula is C18H18N2O3S. The average molecular weight is 342 g/mol. The standard InChI is InChI=1S/C18H18N2O3S/c1-12(21)16-10-14(11-24-16)18(23)20-8-7-19-17(22)15(20)9-13-5-3-2-4-6-13/h2-6,10-11,15H,7-9H2,1H3,(H,19,22). The molecule has 24 heavy (non-hydrogen) atoms. The second-order valence-corrected chi connectivity index (χ2v) is 6.66. The minimum absolute atomic E-state index is 0.0590. The van der Waals surface area contributed by atoms with Crippen molar-refractivity contribution in [3.8, 4) is 0 Å². The molecule has 1 N–H and O–H groups in total. The van der Waals surface area contributed by atoms with Crippen molar-refractivity contribution in [2.24, 2.45) is 0 Å². The van der Waals surface area contributed by atoms with Crippen LogP contribution < -0.4 is 5.32 Å². The van der Waals surface area contributed by atoms with Gasteiger partial charge in [0, 0.05) is 24.9 Å². The first kappa shape index (κ1) is 16.4. The molecule has 2 aromatic rings. The third-order valence-corrected chi connectivity index (χ3v) is 5.09. The zero-order chi connectivity index (χ0) is 17.1. The van der Waals surface area contributed by atoms with Crippen molar-refractivity contribution in [2.45, 2.75) is 19.4 Å². The Balaban J connectivity index is 1.83. The fourth-order valence-corrected chi connectivity index (χ4v) is 3.58. The number of nitrogens with zero attached hydrogens (tertiary/aromatic N) is 1. The molecule has 0 bridgehead atoms. The van der Waals surface area contributed by atoms with Crippen LogP contribution in [0, 0.1) is 0 Å². The number of carbonyl (C=O) groups excluding carboxylic acids is 3. The summed E-state index contributed by atoms with van der Waals surface area (Å²) in [6.45, 7) is 2.39. The molecule has 124 valence electrons. The van der Waals surface area contributed by atoms with E-state index in [4.69, 9.17) is 0 Å². The lowest BCUT2D eigenvalue weighted by atomic mass is 10.0. The van der Waals surface area contributed by atoms with E-state index in [9.17, 15) is 14.4 Å². The lowest BCUT2D eigenvalue weighted by Gasteiger charge is -2.35. The van der Waals surface area contributed by atoms with Gasteiger partial charge in [0.2, 0.25) is 5.91 Å². The highest BCUT2D eigenvalue weighted by molar-refractivity contribution is 7.12. The molecule has 0 radical (unpaired) electrons. The SMILES string of the molecule is CC(=O)c1cc(C(=O)N2CCNC(=O)C2Cc2ccccc2)cs1. The number of hydrogen-bond donors (Lipinski definition) is 1. The predicted octanol–water partition coefficient (Wildman–Crippen LogP) is 2.13. The lowest BCUT2D eigenvalue weighted by Crippen LogP contribution is -2.58. The maximum Gasteiger partial charge on any atom is 0.255 e. The van der Waals surface area contributed by atoms with Gasteiger partial charge in [-0.1, -0.05) is 30.3 Å². The molecule has 1 saturated heterocycles. The van der Waals surface area contributed by atoms with Crippen LogP contribution in [0.15, 0.2) is 41.8 Å². The van der Waals surface area contributed by atoms with Gasteiger partial charge in [0.15, 0.2) is 5.78 Å². The normalized spacial score (nSPS) is 17.5. The van der Waals surface area contributed by atoms with Crippen molar-refractivity contribution >= 4 is 28.9 Å². The Morgan fingerprint density at radius 2 is 2.04 bits per heavy atom. The number of ketones is 1. The van der Waals surface area contributed by atoms with Gasteiger partial charge in [-0.25, -0.2) is 0 Å². The summed E-state index contributed by atoms with van der Waals surface area (Å²) in [5, 5.41) is 4.51. The van der Waals surface area contributed by atoms with E-state index >= 15 is 0 Å². The van der Waals surface area contributed by atoms with E-state index in [0.29, 0.717) is 30.0 Å². The smallest absolute Gasteiger partial charge is 0.255 e. The highest BCUT2D eigenvalue weighted by Crippen LogP contribution is 2.20. The number of rotatable bonds is 4. The number of hydrogen-bond acceptors (Lipinski definition) is 4. The molecule has 1 unspecified atom stereocenters. The van der Waals surface area contributed by atoms with Gasteiger partial charge in [0.05, 0.1) is 10.4 Å². The molecule has 2 heterocycles. The monoisotopic (exact) mass is 342 g/mol. The Labute approximate surface area is 144 Å². The fourth-order valence-electron chi connectivity index (χ4n) is 2.80. The Kier molecular flexibility index (Phi) is 4.76. The van der Waals surface area contributed by atoms with E-state index in [1.165, 1.54) is 18.3 Å². The maximum atomic E-state index is 12.8. The molecule has 0 saturated carbocycles. The van der Waals surface area contributed by atoms with E-state index < -0.39 is 6.04 Å². The number of benzene rings is 1. The Bertz CT molecular complexity index is 770. The van der Waals surface area contributed by atoms with Crippen LogP contribution in [-0.2, 0) is 11.2 Å². The Morgan fingerprint density at radius 3 is 2.71 bits per heavy atom. The predicted molar refractivity (Wildman–Crippen MR) is 92.3 cm³/mol. The van der Waals surface area contributed by atoms with Crippen LogP contribution in [-0.4, -0.2) is 41.6 Å². The third kappa shape index (κ3) is 3.38. The Hall–Kier alpha value is -2.47. The molecule has 0 spiro atoms. The van der Waals surface area contributed by atoms with Crippen LogP contribution in [0.1, 0.15) is 32.5 Å². The summed E-state index contributed by atoms with van der Waals surface area (Å²) < 4.78 is 0. The highest BCUT2D eigenvalue weighted by atomic mass is 32.1. The van der Waals surface area contributed by atoms with Gasteiger partial charge in [-0.3, -0.25) is 14.4 Å². The van der Waals surface area contributed by atoms with Gasteiger partial charge in [-0.15, -0.1) is 11.3 Å². The zero-order valence-electron chi connectivity index (χ0n) is 13.3. The third-order valence-electron chi connectivity index (χ3n) is 4.06. The van der Waals surface area contributed by atoms with E-state index in [1.54, 1.807) is 16.3 Å². The van der Waals surface area contributed by atoms with Crippen LogP contribution in [0.5, 0.6) is 0 Å². The summed E-state index contributed by atoms with van der Waals surface area (Å²) in [6, 6.07) is 10.7. The summed E-state index contributed by atoms with van der Waals surface area (Å²) in [5.74, 6) is -0.397.